The lowest BCUT2D eigenvalue weighted by molar-refractivity contribution is 0.571. The summed E-state index contributed by atoms with van der Waals surface area (Å²) in [6, 6.07) is 5.77. The molecule has 0 aromatic carbocycles. The molecule has 0 aliphatic carbocycles. The van der Waals surface area contributed by atoms with Crippen molar-refractivity contribution >= 4 is 8.07 Å². The van der Waals surface area contributed by atoms with Crippen molar-refractivity contribution < 1.29 is 0 Å². The smallest absolute Gasteiger partial charge is 0.0565 e. The Morgan fingerprint density at radius 1 is 0.933 bits per heavy atom. The Balaban J connectivity index is 3.99. The molecule has 0 saturated carbocycles. The monoisotopic (exact) mass is 226 g/mol. The molecular formula is C14H30Si. The van der Waals surface area contributed by atoms with E-state index < -0.39 is 8.07 Å². The van der Waals surface area contributed by atoms with Crippen molar-refractivity contribution in [1.29, 1.82) is 0 Å². The predicted molar refractivity (Wildman–Crippen MR) is 75.2 cm³/mol. The highest BCUT2D eigenvalue weighted by atomic mass is 28.3. The summed E-state index contributed by atoms with van der Waals surface area (Å²) in [6.07, 6.45) is 7.49. The first-order chi connectivity index (χ1) is 7.14. The van der Waals surface area contributed by atoms with Crippen molar-refractivity contribution in [3.63, 3.8) is 0 Å². The second-order valence-electron chi connectivity index (χ2n) is 4.99. The van der Waals surface area contributed by atoms with Gasteiger partial charge in [-0.25, -0.2) is 0 Å². The Hall–Kier alpha value is -0.0431. The first kappa shape index (κ1) is 15.0. The van der Waals surface area contributed by atoms with E-state index in [0.29, 0.717) is 0 Å². The number of rotatable bonds is 8. The summed E-state index contributed by atoms with van der Waals surface area (Å²) in [6.45, 7) is 11.8. The summed E-state index contributed by atoms with van der Waals surface area (Å²) in [5.41, 5.74) is 0. The quantitative estimate of drug-likeness (QED) is 0.379. The highest BCUT2D eigenvalue weighted by Gasteiger charge is 2.24. The summed E-state index contributed by atoms with van der Waals surface area (Å²) in [7, 11) is -0.886. The lowest BCUT2D eigenvalue weighted by Gasteiger charge is -2.26. The van der Waals surface area contributed by atoms with Crippen LogP contribution in [0.3, 0.4) is 0 Å². The van der Waals surface area contributed by atoms with Crippen molar-refractivity contribution in [2.24, 2.45) is 5.92 Å². The van der Waals surface area contributed by atoms with Crippen molar-refractivity contribution in [2.75, 3.05) is 0 Å². The maximum absolute atomic E-state index is 2.48. The van der Waals surface area contributed by atoms with Crippen LogP contribution in [0.25, 0.3) is 0 Å². The van der Waals surface area contributed by atoms with E-state index in [1.54, 1.807) is 0 Å². The fourth-order valence-electron chi connectivity index (χ4n) is 2.01. The Morgan fingerprint density at radius 3 is 1.87 bits per heavy atom. The van der Waals surface area contributed by atoms with Crippen LogP contribution in [0.1, 0.15) is 47.5 Å². The molecule has 0 heterocycles. The molecule has 0 bridgehead atoms. The molecule has 0 N–H and O–H groups in total. The van der Waals surface area contributed by atoms with E-state index in [4.69, 9.17) is 0 Å². The molecule has 1 heteroatoms. The third-order valence-electron chi connectivity index (χ3n) is 4.20. The molecule has 15 heavy (non-hydrogen) atoms. The molecule has 0 aliphatic heterocycles. The van der Waals surface area contributed by atoms with Gasteiger partial charge < -0.3 is 0 Å². The minimum atomic E-state index is -0.886. The Labute approximate surface area is 98.2 Å². The largest absolute Gasteiger partial charge is 0.0912 e. The highest BCUT2D eigenvalue weighted by molar-refractivity contribution is 6.80. The van der Waals surface area contributed by atoms with Crippen LogP contribution in [-0.2, 0) is 0 Å². The highest BCUT2D eigenvalue weighted by Crippen LogP contribution is 2.25. The fourth-order valence-corrected chi connectivity index (χ4v) is 5.04. The zero-order chi connectivity index (χ0) is 11.7. The minimum Gasteiger partial charge on any atom is -0.0912 e. The average Bonchev–Trinajstić information content (AvgIpc) is 2.30. The molecule has 90 valence electrons. The van der Waals surface area contributed by atoms with Gasteiger partial charge in [-0.05, 0) is 18.4 Å². The van der Waals surface area contributed by atoms with E-state index in [9.17, 15) is 0 Å². The second-order valence-corrected chi connectivity index (χ2v) is 10.5. The molecule has 0 aromatic rings. The topological polar surface area (TPSA) is 0 Å². The van der Waals surface area contributed by atoms with Gasteiger partial charge in [0.1, 0.15) is 0 Å². The molecule has 0 radical (unpaired) electrons. The molecule has 1 unspecified atom stereocenters. The zero-order valence-corrected chi connectivity index (χ0v) is 12.5. The van der Waals surface area contributed by atoms with Crippen molar-refractivity contribution in [1.82, 2.24) is 0 Å². The zero-order valence-electron chi connectivity index (χ0n) is 11.5. The van der Waals surface area contributed by atoms with Gasteiger partial charge in [-0.2, -0.15) is 0 Å². The van der Waals surface area contributed by atoms with E-state index >= 15 is 0 Å². The predicted octanol–water partition coefficient (Wildman–Crippen LogP) is 5.49. The van der Waals surface area contributed by atoms with Crippen molar-refractivity contribution in [3.05, 3.63) is 12.2 Å². The van der Waals surface area contributed by atoms with Crippen LogP contribution in [-0.4, -0.2) is 8.07 Å². The summed E-state index contributed by atoms with van der Waals surface area (Å²) >= 11 is 0. The van der Waals surface area contributed by atoms with Gasteiger partial charge in [0.05, 0.1) is 8.07 Å². The van der Waals surface area contributed by atoms with Gasteiger partial charge in [0.15, 0.2) is 0 Å². The van der Waals surface area contributed by atoms with Gasteiger partial charge in [0.25, 0.3) is 0 Å². The van der Waals surface area contributed by atoms with E-state index in [1.165, 1.54) is 37.0 Å². The summed E-state index contributed by atoms with van der Waals surface area (Å²) in [4.78, 5) is 0. The van der Waals surface area contributed by atoms with Gasteiger partial charge in [0, 0.05) is 0 Å². The van der Waals surface area contributed by atoms with Crippen molar-refractivity contribution in [3.8, 4) is 0 Å². The van der Waals surface area contributed by atoms with Crippen molar-refractivity contribution in [2.45, 2.75) is 71.6 Å². The molecule has 0 rings (SSSR count). The summed E-state index contributed by atoms with van der Waals surface area (Å²) < 4.78 is 0. The van der Waals surface area contributed by atoms with Crippen LogP contribution in [0.15, 0.2) is 12.2 Å². The number of hydrogen-bond donors (Lipinski definition) is 0. The van der Waals surface area contributed by atoms with Crippen LogP contribution in [0.4, 0.5) is 0 Å². The van der Waals surface area contributed by atoms with Crippen LogP contribution >= 0.6 is 0 Å². The molecule has 1 atom stereocenters. The minimum absolute atomic E-state index is 0.863. The maximum atomic E-state index is 2.48. The molecule has 0 nitrogen and oxygen atoms in total. The van der Waals surface area contributed by atoms with Crippen LogP contribution < -0.4 is 0 Å². The van der Waals surface area contributed by atoms with Crippen LogP contribution in [0.5, 0.6) is 0 Å². The van der Waals surface area contributed by atoms with Gasteiger partial charge in [-0.15, -0.1) is 0 Å². The number of hydrogen-bond acceptors (Lipinski definition) is 0. The van der Waals surface area contributed by atoms with E-state index in [1.807, 2.05) is 0 Å². The second kappa shape index (κ2) is 8.15. The first-order valence-electron chi connectivity index (χ1n) is 6.79. The molecule has 0 saturated heterocycles. The normalized spacial score (nSPS) is 14.7. The Kier molecular flexibility index (Phi) is 8.13. The fraction of sp³-hybridized carbons (Fsp3) is 0.857. The lowest BCUT2D eigenvalue weighted by atomic mass is 10.1. The van der Waals surface area contributed by atoms with Gasteiger partial charge in [0.2, 0.25) is 0 Å². The molecule has 0 amide bonds. The van der Waals surface area contributed by atoms with Gasteiger partial charge in [-0.1, -0.05) is 71.3 Å². The van der Waals surface area contributed by atoms with E-state index in [2.05, 4.69) is 46.8 Å². The van der Waals surface area contributed by atoms with Gasteiger partial charge in [-0.3, -0.25) is 0 Å². The average molecular weight is 226 g/mol. The summed E-state index contributed by atoms with van der Waals surface area (Å²) in [5.74, 6) is 0.863. The summed E-state index contributed by atoms with van der Waals surface area (Å²) in [5, 5.41) is 0. The van der Waals surface area contributed by atoms with Gasteiger partial charge >= 0.3 is 0 Å². The van der Waals surface area contributed by atoms with E-state index in [0.717, 1.165) is 5.92 Å². The Bertz CT molecular complexity index is 160. The van der Waals surface area contributed by atoms with Crippen LogP contribution in [0.2, 0.25) is 24.2 Å². The lowest BCUT2D eigenvalue weighted by Crippen LogP contribution is -2.29. The maximum Gasteiger partial charge on any atom is 0.0565 e. The third kappa shape index (κ3) is 5.55. The third-order valence-corrected chi connectivity index (χ3v) is 9.80. The molecule has 0 spiro atoms. The Morgan fingerprint density at radius 2 is 1.47 bits per heavy atom. The van der Waals surface area contributed by atoms with E-state index in [-0.39, 0.29) is 0 Å². The SMILES string of the molecule is CCC(C)C/C=C/C[Si](CC)(CC)CC. The molecule has 0 aliphatic rings. The standard InChI is InChI=1S/C14H30Si/c1-6-14(5)12-10-11-13-15(7-2,8-3)9-4/h10-11,14H,6-9,12-13H2,1-5H3/b11-10+. The molecular weight excluding hydrogens is 196 g/mol. The molecule has 0 aromatic heterocycles. The first-order valence-corrected chi connectivity index (χ1v) is 9.61. The van der Waals surface area contributed by atoms with Crippen LogP contribution in [0, 0.1) is 5.92 Å². The number of allylic oxidation sites excluding steroid dienone is 2. The molecule has 0 fully saturated rings.